The van der Waals surface area contributed by atoms with Crippen molar-refractivity contribution >= 4 is 27.5 Å². The normalized spacial score (nSPS) is 26.1. The molecule has 1 aliphatic rings. The van der Waals surface area contributed by atoms with Gasteiger partial charge in [-0.05, 0) is 61.3 Å². The van der Waals surface area contributed by atoms with Gasteiger partial charge in [-0.25, -0.2) is 0 Å². The summed E-state index contributed by atoms with van der Waals surface area (Å²) in [5.74, 6) is 1.54. The van der Waals surface area contributed by atoms with Gasteiger partial charge in [-0.2, -0.15) is 0 Å². The Balaban J connectivity index is 2.18. The van der Waals surface area contributed by atoms with Crippen molar-refractivity contribution in [3.63, 3.8) is 0 Å². The molecule has 1 fully saturated rings. The smallest absolute Gasteiger partial charge is 0.0616 e. The zero-order valence-electron chi connectivity index (χ0n) is 11.5. The average molecular weight is 330 g/mol. The summed E-state index contributed by atoms with van der Waals surface area (Å²) in [6, 6.07) is 4.46. The maximum Gasteiger partial charge on any atom is 0.0616 e. The lowest BCUT2D eigenvalue weighted by Crippen LogP contribution is -2.17. The molecule has 0 bridgehead atoms. The lowest BCUT2D eigenvalue weighted by molar-refractivity contribution is 0.283. The Labute approximate surface area is 124 Å². The fourth-order valence-corrected chi connectivity index (χ4v) is 3.88. The van der Waals surface area contributed by atoms with Crippen LogP contribution in [0.5, 0.6) is 0 Å². The van der Waals surface area contributed by atoms with E-state index < -0.39 is 0 Å². The molecule has 1 aromatic rings. The largest absolute Gasteiger partial charge is 0.118 e. The Kier molecular flexibility index (Phi) is 4.77. The summed E-state index contributed by atoms with van der Waals surface area (Å²) in [7, 11) is 0. The standard InChI is InChI=1S/C16H22BrCl/c1-10-4-6-13(7-5-10)16(18)14-8-12(3)15(17)9-11(14)2/h8-10,13,16H,4-7H2,1-3H3. The predicted octanol–water partition coefficient (Wildman–Crippen LogP) is 6.17. The van der Waals surface area contributed by atoms with Crippen LogP contribution in [0.4, 0.5) is 0 Å². The highest BCUT2D eigenvalue weighted by atomic mass is 79.9. The molecule has 0 saturated heterocycles. The molecule has 0 aliphatic heterocycles. The van der Waals surface area contributed by atoms with Crippen LogP contribution in [0.25, 0.3) is 0 Å². The van der Waals surface area contributed by atoms with Crippen molar-refractivity contribution in [2.75, 3.05) is 0 Å². The maximum absolute atomic E-state index is 6.75. The van der Waals surface area contributed by atoms with Crippen LogP contribution in [0.3, 0.4) is 0 Å². The first-order chi connectivity index (χ1) is 8.49. The highest BCUT2D eigenvalue weighted by molar-refractivity contribution is 9.10. The summed E-state index contributed by atoms with van der Waals surface area (Å²) in [6.45, 7) is 6.66. The van der Waals surface area contributed by atoms with Crippen molar-refractivity contribution < 1.29 is 0 Å². The molecule has 0 amide bonds. The molecular weight excluding hydrogens is 308 g/mol. The van der Waals surface area contributed by atoms with Crippen molar-refractivity contribution in [1.29, 1.82) is 0 Å². The second kappa shape index (κ2) is 5.96. The molecular formula is C16H22BrCl. The van der Waals surface area contributed by atoms with E-state index in [-0.39, 0.29) is 5.38 Å². The molecule has 0 heterocycles. The molecule has 2 rings (SSSR count). The van der Waals surface area contributed by atoms with E-state index in [1.54, 1.807) is 0 Å². The summed E-state index contributed by atoms with van der Waals surface area (Å²) >= 11 is 10.3. The van der Waals surface area contributed by atoms with Gasteiger partial charge in [0.05, 0.1) is 5.38 Å². The number of halogens is 2. The Morgan fingerprint density at radius 3 is 2.33 bits per heavy atom. The van der Waals surface area contributed by atoms with E-state index in [0.717, 1.165) is 5.92 Å². The van der Waals surface area contributed by atoms with Crippen molar-refractivity contribution in [1.82, 2.24) is 0 Å². The quantitative estimate of drug-likeness (QED) is 0.569. The summed E-state index contributed by atoms with van der Waals surface area (Å²) in [4.78, 5) is 0. The molecule has 1 unspecified atom stereocenters. The molecule has 1 aliphatic carbocycles. The first kappa shape index (κ1) is 14.4. The van der Waals surface area contributed by atoms with Gasteiger partial charge in [-0.15, -0.1) is 11.6 Å². The summed E-state index contributed by atoms with van der Waals surface area (Å²) in [5, 5.41) is 0.185. The van der Waals surface area contributed by atoms with Crippen LogP contribution in [-0.2, 0) is 0 Å². The van der Waals surface area contributed by atoms with E-state index in [9.17, 15) is 0 Å². The number of rotatable bonds is 2. The minimum Gasteiger partial charge on any atom is -0.118 e. The van der Waals surface area contributed by atoms with Gasteiger partial charge in [-0.1, -0.05) is 41.8 Å². The maximum atomic E-state index is 6.75. The van der Waals surface area contributed by atoms with Gasteiger partial charge >= 0.3 is 0 Å². The van der Waals surface area contributed by atoms with E-state index in [4.69, 9.17) is 11.6 Å². The third-order valence-electron chi connectivity index (χ3n) is 4.32. The van der Waals surface area contributed by atoms with Crippen LogP contribution in [0, 0.1) is 25.7 Å². The lowest BCUT2D eigenvalue weighted by Gasteiger charge is -2.30. The fraction of sp³-hybridized carbons (Fsp3) is 0.625. The first-order valence-corrected chi connectivity index (χ1v) is 8.12. The van der Waals surface area contributed by atoms with Crippen LogP contribution < -0.4 is 0 Å². The molecule has 100 valence electrons. The molecule has 1 saturated carbocycles. The van der Waals surface area contributed by atoms with Gasteiger partial charge in [0.15, 0.2) is 0 Å². The van der Waals surface area contributed by atoms with E-state index in [1.807, 2.05) is 0 Å². The van der Waals surface area contributed by atoms with Crippen molar-refractivity contribution in [3.05, 3.63) is 33.3 Å². The van der Waals surface area contributed by atoms with Crippen LogP contribution in [-0.4, -0.2) is 0 Å². The zero-order chi connectivity index (χ0) is 13.3. The van der Waals surface area contributed by atoms with Crippen LogP contribution in [0.2, 0.25) is 0 Å². The SMILES string of the molecule is Cc1cc(C(Cl)C2CCC(C)CC2)c(C)cc1Br. The molecule has 0 N–H and O–H groups in total. The number of hydrogen-bond acceptors (Lipinski definition) is 0. The van der Waals surface area contributed by atoms with Crippen molar-refractivity contribution in [2.45, 2.75) is 51.8 Å². The fourth-order valence-electron chi connectivity index (χ4n) is 2.93. The molecule has 1 aromatic carbocycles. The zero-order valence-corrected chi connectivity index (χ0v) is 13.8. The summed E-state index contributed by atoms with van der Waals surface area (Å²) in [6.07, 6.45) is 5.23. The topological polar surface area (TPSA) is 0 Å². The number of aryl methyl sites for hydroxylation is 2. The van der Waals surface area contributed by atoms with E-state index in [1.165, 1.54) is 46.8 Å². The Hall–Kier alpha value is -0.0100. The molecule has 1 atom stereocenters. The van der Waals surface area contributed by atoms with E-state index in [0.29, 0.717) is 5.92 Å². The third kappa shape index (κ3) is 3.11. The van der Waals surface area contributed by atoms with Gasteiger partial charge in [0.1, 0.15) is 0 Å². The number of benzene rings is 1. The molecule has 18 heavy (non-hydrogen) atoms. The Morgan fingerprint density at radius 2 is 1.72 bits per heavy atom. The highest BCUT2D eigenvalue weighted by Crippen LogP contribution is 2.42. The molecule has 0 nitrogen and oxygen atoms in total. The minimum atomic E-state index is 0.185. The summed E-state index contributed by atoms with van der Waals surface area (Å²) < 4.78 is 1.19. The van der Waals surface area contributed by atoms with Gasteiger partial charge in [0, 0.05) is 4.47 Å². The van der Waals surface area contributed by atoms with Gasteiger partial charge in [0.2, 0.25) is 0 Å². The Bertz CT molecular complexity index is 419. The van der Waals surface area contributed by atoms with Crippen LogP contribution in [0.15, 0.2) is 16.6 Å². The van der Waals surface area contributed by atoms with Gasteiger partial charge in [0.25, 0.3) is 0 Å². The molecule has 2 heteroatoms. The average Bonchev–Trinajstić information content (AvgIpc) is 2.34. The van der Waals surface area contributed by atoms with E-state index >= 15 is 0 Å². The highest BCUT2D eigenvalue weighted by Gasteiger charge is 2.26. The van der Waals surface area contributed by atoms with E-state index in [2.05, 4.69) is 48.8 Å². The van der Waals surface area contributed by atoms with Crippen LogP contribution in [0.1, 0.15) is 54.7 Å². The lowest BCUT2D eigenvalue weighted by atomic mass is 9.79. The van der Waals surface area contributed by atoms with Crippen molar-refractivity contribution in [3.8, 4) is 0 Å². The summed E-state index contributed by atoms with van der Waals surface area (Å²) in [5.41, 5.74) is 3.92. The third-order valence-corrected chi connectivity index (χ3v) is 5.76. The first-order valence-electron chi connectivity index (χ1n) is 6.89. The molecule has 0 spiro atoms. The second-order valence-corrected chi connectivity index (χ2v) is 7.20. The van der Waals surface area contributed by atoms with Crippen LogP contribution >= 0.6 is 27.5 Å². The monoisotopic (exact) mass is 328 g/mol. The minimum absolute atomic E-state index is 0.185. The predicted molar refractivity (Wildman–Crippen MR) is 83.3 cm³/mol. The van der Waals surface area contributed by atoms with Crippen molar-refractivity contribution in [2.24, 2.45) is 11.8 Å². The Morgan fingerprint density at radius 1 is 1.11 bits per heavy atom. The van der Waals surface area contributed by atoms with Gasteiger partial charge < -0.3 is 0 Å². The second-order valence-electron chi connectivity index (χ2n) is 5.88. The van der Waals surface area contributed by atoms with Gasteiger partial charge in [-0.3, -0.25) is 0 Å². The molecule has 0 aromatic heterocycles. The number of hydrogen-bond donors (Lipinski definition) is 0. The number of alkyl halides is 1. The molecule has 0 radical (unpaired) electrons.